The lowest BCUT2D eigenvalue weighted by Gasteiger charge is -2.15. The van der Waals surface area contributed by atoms with Crippen LogP contribution in [0.3, 0.4) is 0 Å². The minimum Gasteiger partial charge on any atom is -0.456 e. The van der Waals surface area contributed by atoms with Crippen LogP contribution in [0.4, 0.5) is 0 Å². The molecule has 0 bridgehead atoms. The second kappa shape index (κ2) is 9.78. The smallest absolute Gasteiger partial charge is 0.135 e. The molecular weight excluding hydrogens is 524 g/mol. The molecule has 0 saturated heterocycles. The molecule has 0 aliphatic heterocycles. The Hall–Kier alpha value is -5.02. The summed E-state index contributed by atoms with van der Waals surface area (Å²) in [5, 5.41) is 7.07. The molecule has 8 aromatic rings. The lowest BCUT2D eigenvalue weighted by Crippen LogP contribution is -1.95. The molecule has 43 heavy (non-hydrogen) atoms. The average molecular weight is 557 g/mol. The summed E-state index contributed by atoms with van der Waals surface area (Å²) in [5.41, 5.74) is 10.6. The van der Waals surface area contributed by atoms with Gasteiger partial charge in [-0.2, -0.15) is 0 Å². The van der Waals surface area contributed by atoms with E-state index in [0.717, 1.165) is 66.1 Å². The fourth-order valence-corrected chi connectivity index (χ4v) is 6.38. The Labute approximate surface area is 250 Å². The van der Waals surface area contributed by atoms with Crippen LogP contribution in [0, 0.1) is 0 Å². The number of benzene rings is 6. The van der Waals surface area contributed by atoms with Gasteiger partial charge in [-0.25, -0.2) is 4.98 Å². The molecule has 0 radical (unpaired) electrons. The van der Waals surface area contributed by atoms with E-state index in [0.29, 0.717) is 11.8 Å². The van der Waals surface area contributed by atoms with Gasteiger partial charge in [-0.15, -0.1) is 0 Å². The number of furan rings is 1. The van der Waals surface area contributed by atoms with Gasteiger partial charge in [0, 0.05) is 27.1 Å². The first-order valence-electron chi connectivity index (χ1n) is 15.1. The molecule has 0 spiro atoms. The predicted octanol–water partition coefficient (Wildman–Crippen LogP) is 11.4. The third-order valence-electron chi connectivity index (χ3n) is 8.86. The zero-order chi connectivity index (χ0) is 29.2. The van der Waals surface area contributed by atoms with Crippen LogP contribution < -0.4 is 0 Å². The zero-order valence-electron chi connectivity index (χ0n) is 24.8. The standard InChI is InChI=1S/C40H32N2O/c1-23(2)25-12-15-31-33(19-25)34-20-26(24(3)4)13-16-32(34)40-39(31)41-22-36(42-40)29-9-7-8-27(18-29)28-14-17-38-35(21-28)30-10-5-6-11-37(30)43-38/h5-24H,1-4H3. The van der Waals surface area contributed by atoms with Crippen LogP contribution in [0.5, 0.6) is 0 Å². The molecule has 0 aliphatic rings. The quantitative estimate of drug-likeness (QED) is 0.202. The monoisotopic (exact) mass is 556 g/mol. The number of rotatable bonds is 4. The summed E-state index contributed by atoms with van der Waals surface area (Å²) in [5.74, 6) is 0.903. The van der Waals surface area contributed by atoms with Crippen molar-refractivity contribution >= 4 is 54.5 Å². The normalized spacial score (nSPS) is 12.1. The molecule has 0 N–H and O–H groups in total. The maximum absolute atomic E-state index is 6.06. The second-order valence-electron chi connectivity index (χ2n) is 12.3. The first-order valence-corrected chi connectivity index (χ1v) is 15.1. The number of hydrogen-bond acceptors (Lipinski definition) is 3. The summed E-state index contributed by atoms with van der Waals surface area (Å²) in [6.45, 7) is 9.00. The fraction of sp³-hybridized carbons (Fsp3) is 0.150. The summed E-state index contributed by atoms with van der Waals surface area (Å²) in [7, 11) is 0. The molecule has 2 heterocycles. The summed E-state index contributed by atoms with van der Waals surface area (Å²) in [4.78, 5) is 10.4. The van der Waals surface area contributed by atoms with E-state index in [9.17, 15) is 0 Å². The van der Waals surface area contributed by atoms with Gasteiger partial charge in [0.1, 0.15) is 11.2 Å². The summed E-state index contributed by atoms with van der Waals surface area (Å²) < 4.78 is 6.06. The molecule has 0 atom stereocenters. The van der Waals surface area contributed by atoms with Crippen molar-refractivity contribution in [2.75, 3.05) is 0 Å². The predicted molar refractivity (Wildman–Crippen MR) is 181 cm³/mol. The minimum absolute atomic E-state index is 0.447. The van der Waals surface area contributed by atoms with E-state index in [-0.39, 0.29) is 0 Å². The number of nitrogens with zero attached hydrogens (tertiary/aromatic N) is 2. The van der Waals surface area contributed by atoms with Crippen LogP contribution >= 0.6 is 0 Å². The molecule has 3 heteroatoms. The highest BCUT2D eigenvalue weighted by atomic mass is 16.3. The van der Waals surface area contributed by atoms with Gasteiger partial charge in [0.15, 0.2) is 0 Å². The third-order valence-corrected chi connectivity index (χ3v) is 8.86. The molecule has 208 valence electrons. The Morgan fingerprint density at radius 1 is 0.488 bits per heavy atom. The SMILES string of the molecule is CC(C)c1ccc2c(c1)c1cc(C(C)C)ccc1c1nc(-c3cccc(-c4ccc5oc6ccccc6c5c4)c3)cnc21. The van der Waals surface area contributed by atoms with Gasteiger partial charge in [0.2, 0.25) is 0 Å². The Kier molecular flexibility index (Phi) is 5.84. The van der Waals surface area contributed by atoms with E-state index in [1.807, 2.05) is 18.3 Å². The highest BCUT2D eigenvalue weighted by molar-refractivity contribution is 6.23. The molecule has 0 saturated carbocycles. The zero-order valence-corrected chi connectivity index (χ0v) is 24.8. The summed E-state index contributed by atoms with van der Waals surface area (Å²) in [6, 6.07) is 36.9. The van der Waals surface area contributed by atoms with Crippen molar-refractivity contribution in [3.63, 3.8) is 0 Å². The van der Waals surface area contributed by atoms with Gasteiger partial charge in [0.05, 0.1) is 22.9 Å². The lowest BCUT2D eigenvalue weighted by atomic mass is 9.92. The van der Waals surface area contributed by atoms with Crippen LogP contribution in [-0.2, 0) is 0 Å². The first kappa shape index (κ1) is 25.7. The van der Waals surface area contributed by atoms with E-state index in [1.165, 1.54) is 21.9 Å². The number of fused-ring (bicyclic) bond motifs is 9. The van der Waals surface area contributed by atoms with Crippen LogP contribution in [0.2, 0.25) is 0 Å². The van der Waals surface area contributed by atoms with E-state index in [4.69, 9.17) is 14.4 Å². The largest absolute Gasteiger partial charge is 0.456 e. The van der Waals surface area contributed by atoms with Crippen molar-refractivity contribution in [3.05, 3.63) is 120 Å². The third kappa shape index (κ3) is 4.19. The van der Waals surface area contributed by atoms with Gasteiger partial charge >= 0.3 is 0 Å². The van der Waals surface area contributed by atoms with Crippen LogP contribution in [0.15, 0.2) is 114 Å². The first-order chi connectivity index (χ1) is 20.9. The van der Waals surface area contributed by atoms with Gasteiger partial charge in [-0.1, -0.05) is 107 Å². The minimum atomic E-state index is 0.447. The van der Waals surface area contributed by atoms with Gasteiger partial charge in [-0.05, 0) is 69.1 Å². The van der Waals surface area contributed by atoms with Crippen molar-refractivity contribution in [1.29, 1.82) is 0 Å². The summed E-state index contributed by atoms with van der Waals surface area (Å²) >= 11 is 0. The molecule has 0 aliphatic carbocycles. The molecule has 2 aromatic heterocycles. The molecule has 6 aromatic carbocycles. The maximum atomic E-state index is 6.06. The van der Waals surface area contributed by atoms with Gasteiger partial charge in [-0.3, -0.25) is 4.98 Å². The fourth-order valence-electron chi connectivity index (χ4n) is 6.38. The average Bonchev–Trinajstić information content (AvgIpc) is 3.42. The van der Waals surface area contributed by atoms with Crippen molar-refractivity contribution in [2.45, 2.75) is 39.5 Å². The van der Waals surface area contributed by atoms with Crippen molar-refractivity contribution in [2.24, 2.45) is 0 Å². The Bertz CT molecular complexity index is 2360. The second-order valence-corrected chi connectivity index (χ2v) is 12.3. The van der Waals surface area contributed by atoms with Crippen LogP contribution in [-0.4, -0.2) is 9.97 Å². The highest BCUT2D eigenvalue weighted by Gasteiger charge is 2.16. The number of hydrogen-bond donors (Lipinski definition) is 0. The molecule has 0 fully saturated rings. The Balaban J connectivity index is 1.31. The van der Waals surface area contributed by atoms with Crippen LogP contribution in [0.25, 0.3) is 76.9 Å². The molecule has 0 amide bonds. The van der Waals surface area contributed by atoms with Crippen LogP contribution in [0.1, 0.15) is 50.7 Å². The topological polar surface area (TPSA) is 38.9 Å². The Morgan fingerprint density at radius 3 is 1.88 bits per heavy atom. The van der Waals surface area contributed by atoms with E-state index < -0.39 is 0 Å². The van der Waals surface area contributed by atoms with E-state index in [2.05, 4.69) is 119 Å². The van der Waals surface area contributed by atoms with Crippen molar-refractivity contribution < 1.29 is 4.42 Å². The van der Waals surface area contributed by atoms with Crippen molar-refractivity contribution in [1.82, 2.24) is 9.97 Å². The van der Waals surface area contributed by atoms with Crippen molar-refractivity contribution in [3.8, 4) is 22.4 Å². The van der Waals surface area contributed by atoms with E-state index in [1.54, 1.807) is 0 Å². The number of para-hydroxylation sites is 1. The van der Waals surface area contributed by atoms with E-state index >= 15 is 0 Å². The van der Waals surface area contributed by atoms with Gasteiger partial charge < -0.3 is 4.42 Å². The molecule has 3 nitrogen and oxygen atoms in total. The molecule has 0 unspecified atom stereocenters. The highest BCUT2D eigenvalue weighted by Crippen LogP contribution is 2.38. The summed E-state index contributed by atoms with van der Waals surface area (Å²) in [6.07, 6.45) is 1.93. The molecule has 8 rings (SSSR count). The van der Waals surface area contributed by atoms with Gasteiger partial charge in [0.25, 0.3) is 0 Å². The number of aromatic nitrogens is 2. The lowest BCUT2D eigenvalue weighted by molar-refractivity contribution is 0.669. The maximum Gasteiger partial charge on any atom is 0.135 e. The molecular formula is C40H32N2O. The Morgan fingerprint density at radius 2 is 1.14 bits per heavy atom.